The van der Waals surface area contributed by atoms with Crippen LogP contribution in [0.25, 0.3) is 16.5 Å². The van der Waals surface area contributed by atoms with Gasteiger partial charge in [-0.15, -0.1) is 0 Å². The number of aryl methyl sites for hydroxylation is 1. The zero-order valence-electron chi connectivity index (χ0n) is 18.6. The Hall–Kier alpha value is -4.64. The highest BCUT2D eigenvalue weighted by Gasteiger charge is 2.16. The SMILES string of the molecule is Cc1ccc(-n2c(O)c(C=Nc3ccccc3Nc3ccccc3)c3ccccc3c2=O)cc1. The molecule has 0 bridgehead atoms. The van der Waals surface area contributed by atoms with E-state index in [4.69, 9.17) is 4.99 Å². The van der Waals surface area contributed by atoms with Gasteiger partial charge >= 0.3 is 0 Å². The van der Waals surface area contributed by atoms with Gasteiger partial charge < -0.3 is 10.4 Å². The first-order chi connectivity index (χ1) is 16.6. The van der Waals surface area contributed by atoms with Gasteiger partial charge in [0.05, 0.1) is 22.6 Å². The summed E-state index contributed by atoms with van der Waals surface area (Å²) in [5.41, 5.74) is 4.36. The molecule has 34 heavy (non-hydrogen) atoms. The Bertz CT molecular complexity index is 1550. The fourth-order valence-electron chi connectivity index (χ4n) is 3.93. The molecule has 0 spiro atoms. The molecule has 5 nitrogen and oxygen atoms in total. The first-order valence-corrected chi connectivity index (χ1v) is 11.0. The Labute approximate surface area is 197 Å². The van der Waals surface area contributed by atoms with Crippen molar-refractivity contribution >= 4 is 34.0 Å². The molecular formula is C29H23N3O2. The first-order valence-electron chi connectivity index (χ1n) is 11.0. The third kappa shape index (κ3) is 4.07. The topological polar surface area (TPSA) is 66.6 Å². The molecule has 5 heteroatoms. The quantitative estimate of drug-likeness (QED) is 0.304. The van der Waals surface area contributed by atoms with Crippen molar-refractivity contribution in [1.29, 1.82) is 0 Å². The molecule has 2 N–H and O–H groups in total. The number of rotatable bonds is 5. The summed E-state index contributed by atoms with van der Waals surface area (Å²) in [5.74, 6) is -0.148. The summed E-state index contributed by atoms with van der Waals surface area (Å²) in [6.45, 7) is 1.98. The Morgan fingerprint density at radius 3 is 2.21 bits per heavy atom. The third-order valence-electron chi connectivity index (χ3n) is 5.69. The van der Waals surface area contributed by atoms with E-state index in [1.54, 1.807) is 12.3 Å². The van der Waals surface area contributed by atoms with Gasteiger partial charge in [-0.05, 0) is 49.4 Å². The van der Waals surface area contributed by atoms with E-state index in [9.17, 15) is 9.90 Å². The summed E-state index contributed by atoms with van der Waals surface area (Å²) in [6, 6.07) is 32.3. The number of aromatic hydroxyl groups is 1. The number of hydrogen-bond acceptors (Lipinski definition) is 4. The molecule has 0 unspecified atom stereocenters. The lowest BCUT2D eigenvalue weighted by molar-refractivity contribution is 0.436. The molecule has 166 valence electrons. The number of aromatic nitrogens is 1. The highest BCUT2D eigenvalue weighted by atomic mass is 16.3. The summed E-state index contributed by atoms with van der Waals surface area (Å²) >= 11 is 0. The van der Waals surface area contributed by atoms with Crippen LogP contribution >= 0.6 is 0 Å². The van der Waals surface area contributed by atoms with Crippen LogP contribution in [0.1, 0.15) is 11.1 Å². The summed E-state index contributed by atoms with van der Waals surface area (Å²) in [5, 5.41) is 15.8. The van der Waals surface area contributed by atoms with Crippen molar-refractivity contribution in [3.63, 3.8) is 0 Å². The third-order valence-corrected chi connectivity index (χ3v) is 5.69. The van der Waals surface area contributed by atoms with Crippen LogP contribution in [0.2, 0.25) is 0 Å². The minimum atomic E-state index is -0.278. The summed E-state index contributed by atoms with van der Waals surface area (Å²) in [4.78, 5) is 18.0. The van der Waals surface area contributed by atoms with E-state index in [2.05, 4.69) is 5.32 Å². The number of nitrogens with zero attached hydrogens (tertiary/aromatic N) is 2. The van der Waals surface area contributed by atoms with Crippen molar-refractivity contribution < 1.29 is 5.11 Å². The Morgan fingerprint density at radius 1 is 0.794 bits per heavy atom. The highest BCUT2D eigenvalue weighted by Crippen LogP contribution is 2.30. The van der Waals surface area contributed by atoms with Crippen LogP contribution in [0.3, 0.4) is 0 Å². The highest BCUT2D eigenvalue weighted by molar-refractivity contribution is 6.02. The van der Waals surface area contributed by atoms with Gasteiger partial charge in [0.15, 0.2) is 0 Å². The maximum Gasteiger partial charge on any atom is 0.265 e. The van der Waals surface area contributed by atoms with Crippen LogP contribution < -0.4 is 10.9 Å². The molecule has 0 amide bonds. The van der Waals surface area contributed by atoms with Crippen molar-refractivity contribution in [3.8, 4) is 11.6 Å². The zero-order valence-corrected chi connectivity index (χ0v) is 18.6. The maximum absolute atomic E-state index is 13.3. The summed E-state index contributed by atoms with van der Waals surface area (Å²) in [6.07, 6.45) is 1.62. The second-order valence-electron chi connectivity index (χ2n) is 8.03. The van der Waals surface area contributed by atoms with E-state index in [0.29, 0.717) is 27.7 Å². The van der Waals surface area contributed by atoms with E-state index >= 15 is 0 Å². The lowest BCUT2D eigenvalue weighted by Gasteiger charge is -2.14. The molecular weight excluding hydrogens is 422 g/mol. The Morgan fingerprint density at radius 2 is 1.44 bits per heavy atom. The van der Waals surface area contributed by atoms with Crippen molar-refractivity contribution in [2.75, 3.05) is 5.32 Å². The van der Waals surface area contributed by atoms with Gasteiger partial charge in [0.1, 0.15) is 0 Å². The number of nitrogens with one attached hydrogen (secondary N) is 1. The molecule has 0 aliphatic heterocycles. The molecule has 1 aromatic heterocycles. The van der Waals surface area contributed by atoms with Crippen molar-refractivity contribution in [1.82, 2.24) is 4.57 Å². The second kappa shape index (κ2) is 9.08. The zero-order chi connectivity index (χ0) is 23.5. The Balaban J connectivity index is 1.64. The van der Waals surface area contributed by atoms with Gasteiger partial charge in [-0.1, -0.05) is 66.2 Å². The molecule has 0 aliphatic carbocycles. The molecule has 5 rings (SSSR count). The molecule has 1 heterocycles. The van der Waals surface area contributed by atoms with Gasteiger partial charge in [0.2, 0.25) is 5.88 Å². The average Bonchev–Trinajstić information content (AvgIpc) is 2.87. The monoisotopic (exact) mass is 445 g/mol. The van der Waals surface area contributed by atoms with Crippen molar-refractivity contribution in [2.45, 2.75) is 6.92 Å². The number of aliphatic imine (C=N–C) groups is 1. The number of benzene rings is 4. The largest absolute Gasteiger partial charge is 0.494 e. The predicted octanol–water partition coefficient (Wildman–Crippen LogP) is 6.50. The molecule has 0 aliphatic rings. The van der Waals surface area contributed by atoms with Gasteiger partial charge in [0, 0.05) is 22.7 Å². The smallest absolute Gasteiger partial charge is 0.265 e. The van der Waals surface area contributed by atoms with E-state index < -0.39 is 0 Å². The molecule has 0 radical (unpaired) electrons. The maximum atomic E-state index is 13.3. The van der Waals surface area contributed by atoms with Crippen molar-refractivity contribution in [2.24, 2.45) is 4.99 Å². The normalized spacial score (nSPS) is 11.2. The van der Waals surface area contributed by atoms with E-state index in [-0.39, 0.29) is 11.4 Å². The van der Waals surface area contributed by atoms with Crippen LogP contribution in [-0.2, 0) is 0 Å². The van der Waals surface area contributed by atoms with Gasteiger partial charge in [0.25, 0.3) is 5.56 Å². The fourth-order valence-corrected chi connectivity index (χ4v) is 3.93. The average molecular weight is 446 g/mol. The van der Waals surface area contributed by atoms with Crippen LogP contribution in [0.15, 0.2) is 113 Å². The minimum absolute atomic E-state index is 0.148. The summed E-state index contributed by atoms with van der Waals surface area (Å²) < 4.78 is 1.33. The molecule has 0 saturated carbocycles. The summed E-state index contributed by atoms with van der Waals surface area (Å²) in [7, 11) is 0. The standard InChI is InChI=1S/C29H23N3O2/c1-20-15-17-22(18-16-20)32-28(33)24-12-6-5-11-23(24)25(29(32)34)19-30-26-13-7-8-14-27(26)31-21-9-3-2-4-10-21/h2-19,31,34H,1H3. The van der Waals surface area contributed by atoms with Gasteiger partial charge in [-0.3, -0.25) is 9.79 Å². The molecule has 4 aromatic carbocycles. The number of hydrogen-bond donors (Lipinski definition) is 2. The van der Waals surface area contributed by atoms with Crippen molar-refractivity contribution in [3.05, 3.63) is 125 Å². The van der Waals surface area contributed by atoms with Crippen LogP contribution in [-0.4, -0.2) is 15.9 Å². The molecule has 0 atom stereocenters. The van der Waals surface area contributed by atoms with E-state index in [1.165, 1.54) is 4.57 Å². The molecule has 5 aromatic rings. The minimum Gasteiger partial charge on any atom is -0.494 e. The number of fused-ring (bicyclic) bond motifs is 1. The van der Waals surface area contributed by atoms with Crippen LogP contribution in [0.5, 0.6) is 5.88 Å². The predicted molar refractivity (Wildman–Crippen MR) is 139 cm³/mol. The van der Waals surface area contributed by atoms with E-state index in [1.807, 2.05) is 104 Å². The van der Waals surface area contributed by atoms with Crippen LogP contribution in [0, 0.1) is 6.92 Å². The lowest BCUT2D eigenvalue weighted by Crippen LogP contribution is -2.20. The second-order valence-corrected chi connectivity index (χ2v) is 8.03. The number of pyridine rings is 1. The number of anilines is 2. The molecule has 0 fully saturated rings. The molecule has 0 saturated heterocycles. The van der Waals surface area contributed by atoms with Crippen LogP contribution in [0.4, 0.5) is 17.1 Å². The van der Waals surface area contributed by atoms with Gasteiger partial charge in [-0.2, -0.15) is 0 Å². The first kappa shape index (κ1) is 21.2. The number of para-hydroxylation sites is 3. The van der Waals surface area contributed by atoms with E-state index in [0.717, 1.165) is 16.9 Å². The Kier molecular flexibility index (Phi) is 5.67. The lowest BCUT2D eigenvalue weighted by atomic mass is 10.1. The fraction of sp³-hybridized carbons (Fsp3) is 0.0345. The van der Waals surface area contributed by atoms with Gasteiger partial charge in [-0.25, -0.2) is 4.57 Å².